The van der Waals surface area contributed by atoms with Crippen LogP contribution in [0.3, 0.4) is 0 Å². The maximum Gasteiger partial charge on any atom is 0.107 e. The van der Waals surface area contributed by atoms with Crippen molar-refractivity contribution in [2.24, 2.45) is 0 Å². The summed E-state index contributed by atoms with van der Waals surface area (Å²) in [6.45, 7) is 4.13. The summed E-state index contributed by atoms with van der Waals surface area (Å²) in [7, 11) is 0. The molecule has 5 heteroatoms. The van der Waals surface area contributed by atoms with Crippen molar-refractivity contribution in [1.29, 1.82) is 0 Å². The summed E-state index contributed by atoms with van der Waals surface area (Å²) in [6, 6.07) is 6.07. The number of hydrogen-bond donors (Lipinski definition) is 0. The zero-order valence-corrected chi connectivity index (χ0v) is 10.1. The Morgan fingerprint density at radius 3 is 2.80 bits per heavy atom. The molecule has 2 rings (SSSR count). The highest BCUT2D eigenvalue weighted by Gasteiger charge is 2.10. The van der Waals surface area contributed by atoms with Crippen molar-refractivity contribution in [3.8, 4) is 11.4 Å². The number of nitrogens with zero attached hydrogens (tertiary/aromatic N) is 4. The lowest BCUT2D eigenvalue weighted by molar-refractivity contribution is 0.518. The number of halogens is 1. The molecule has 0 radical (unpaired) electrons. The van der Waals surface area contributed by atoms with Crippen molar-refractivity contribution in [2.45, 2.75) is 19.9 Å². The Hall–Kier alpha value is -1.23. The van der Waals surface area contributed by atoms with Crippen LogP contribution in [-0.2, 0) is 0 Å². The molecule has 4 nitrogen and oxygen atoms in total. The SMILES string of the molecule is CC(C)n1nncc1-c1cccc(Br)n1. The van der Waals surface area contributed by atoms with Crippen LogP contribution in [0, 0.1) is 0 Å². The minimum atomic E-state index is 0.281. The predicted octanol–water partition coefficient (Wildman–Crippen LogP) is 2.68. The third-order valence-electron chi connectivity index (χ3n) is 2.04. The van der Waals surface area contributed by atoms with E-state index >= 15 is 0 Å². The first-order valence-corrected chi connectivity index (χ1v) is 5.51. The second kappa shape index (κ2) is 4.10. The lowest BCUT2D eigenvalue weighted by Gasteiger charge is -2.08. The summed E-state index contributed by atoms with van der Waals surface area (Å²) in [5.41, 5.74) is 1.81. The third kappa shape index (κ3) is 2.07. The highest BCUT2D eigenvalue weighted by molar-refractivity contribution is 9.10. The molecule has 0 amide bonds. The molecule has 0 bridgehead atoms. The summed E-state index contributed by atoms with van der Waals surface area (Å²) in [5, 5.41) is 7.94. The van der Waals surface area contributed by atoms with Gasteiger partial charge in [-0.15, -0.1) is 5.10 Å². The molecule has 0 aromatic carbocycles. The zero-order valence-electron chi connectivity index (χ0n) is 8.55. The number of aromatic nitrogens is 4. The molecule has 0 aliphatic carbocycles. The van der Waals surface area contributed by atoms with E-state index in [-0.39, 0.29) is 6.04 Å². The van der Waals surface area contributed by atoms with Crippen LogP contribution in [0.15, 0.2) is 29.0 Å². The lowest BCUT2D eigenvalue weighted by Crippen LogP contribution is -2.05. The minimum Gasteiger partial charge on any atom is -0.241 e. The second-order valence-corrected chi connectivity index (χ2v) is 4.32. The van der Waals surface area contributed by atoms with Crippen LogP contribution in [0.5, 0.6) is 0 Å². The molecule has 0 spiro atoms. The molecule has 15 heavy (non-hydrogen) atoms. The van der Waals surface area contributed by atoms with E-state index in [1.54, 1.807) is 6.20 Å². The molecule has 2 aromatic rings. The van der Waals surface area contributed by atoms with E-state index in [0.29, 0.717) is 0 Å². The normalized spacial score (nSPS) is 10.9. The van der Waals surface area contributed by atoms with Crippen LogP contribution in [0.2, 0.25) is 0 Å². The first-order chi connectivity index (χ1) is 7.18. The molecule has 0 atom stereocenters. The summed E-state index contributed by atoms with van der Waals surface area (Å²) in [6.07, 6.45) is 1.73. The largest absolute Gasteiger partial charge is 0.241 e. The maximum atomic E-state index is 4.37. The smallest absolute Gasteiger partial charge is 0.107 e. The Kier molecular flexibility index (Phi) is 2.81. The molecule has 0 saturated heterocycles. The standard InChI is InChI=1S/C10H11BrN4/c1-7(2)15-9(6-12-14-15)8-4-3-5-10(11)13-8/h3-7H,1-2H3. The average Bonchev–Trinajstić information content (AvgIpc) is 2.65. The molecule has 0 aliphatic heterocycles. The van der Waals surface area contributed by atoms with Crippen molar-refractivity contribution in [3.05, 3.63) is 29.0 Å². The average molecular weight is 267 g/mol. The van der Waals surface area contributed by atoms with Gasteiger partial charge in [0, 0.05) is 6.04 Å². The topological polar surface area (TPSA) is 43.6 Å². The van der Waals surface area contributed by atoms with Crippen molar-refractivity contribution in [2.75, 3.05) is 0 Å². The van der Waals surface area contributed by atoms with Gasteiger partial charge in [-0.05, 0) is 41.9 Å². The van der Waals surface area contributed by atoms with Gasteiger partial charge in [0.25, 0.3) is 0 Å². The molecular weight excluding hydrogens is 256 g/mol. The van der Waals surface area contributed by atoms with Gasteiger partial charge in [0.15, 0.2) is 0 Å². The molecule has 0 unspecified atom stereocenters. The summed E-state index contributed by atoms with van der Waals surface area (Å²) < 4.78 is 2.67. The molecule has 78 valence electrons. The predicted molar refractivity (Wildman–Crippen MR) is 61.3 cm³/mol. The number of pyridine rings is 1. The first kappa shape index (κ1) is 10.3. The number of hydrogen-bond acceptors (Lipinski definition) is 3. The van der Waals surface area contributed by atoms with Crippen LogP contribution in [0.4, 0.5) is 0 Å². The van der Waals surface area contributed by atoms with E-state index < -0.39 is 0 Å². The quantitative estimate of drug-likeness (QED) is 0.786. The number of rotatable bonds is 2. The van der Waals surface area contributed by atoms with Gasteiger partial charge in [-0.3, -0.25) is 0 Å². The fourth-order valence-electron chi connectivity index (χ4n) is 1.36. The van der Waals surface area contributed by atoms with E-state index in [2.05, 4.69) is 45.1 Å². The molecule has 2 heterocycles. The molecule has 0 aliphatic rings. The van der Waals surface area contributed by atoms with Crippen LogP contribution in [-0.4, -0.2) is 20.0 Å². The Bertz CT molecular complexity index is 464. The monoisotopic (exact) mass is 266 g/mol. The minimum absolute atomic E-state index is 0.281. The summed E-state index contributed by atoms with van der Waals surface area (Å²) in [4.78, 5) is 4.37. The Labute approximate surface area is 96.5 Å². The van der Waals surface area contributed by atoms with Gasteiger partial charge in [-0.2, -0.15) is 0 Å². The highest BCUT2D eigenvalue weighted by Crippen LogP contribution is 2.20. The fourth-order valence-corrected chi connectivity index (χ4v) is 1.70. The first-order valence-electron chi connectivity index (χ1n) is 4.71. The van der Waals surface area contributed by atoms with Crippen LogP contribution in [0.1, 0.15) is 19.9 Å². The maximum absolute atomic E-state index is 4.37. The zero-order chi connectivity index (χ0) is 10.8. The van der Waals surface area contributed by atoms with Gasteiger partial charge < -0.3 is 0 Å². The molecule has 0 fully saturated rings. The summed E-state index contributed by atoms with van der Waals surface area (Å²) >= 11 is 3.35. The van der Waals surface area contributed by atoms with E-state index in [1.165, 1.54) is 0 Å². The van der Waals surface area contributed by atoms with Gasteiger partial charge in [0.2, 0.25) is 0 Å². The Morgan fingerprint density at radius 1 is 1.33 bits per heavy atom. The van der Waals surface area contributed by atoms with Crippen molar-refractivity contribution in [1.82, 2.24) is 20.0 Å². The van der Waals surface area contributed by atoms with Gasteiger partial charge in [0.05, 0.1) is 11.9 Å². The molecular formula is C10H11BrN4. The highest BCUT2D eigenvalue weighted by atomic mass is 79.9. The van der Waals surface area contributed by atoms with Crippen molar-refractivity contribution in [3.63, 3.8) is 0 Å². The Balaban J connectivity index is 2.49. The van der Waals surface area contributed by atoms with E-state index in [4.69, 9.17) is 0 Å². The van der Waals surface area contributed by atoms with E-state index in [0.717, 1.165) is 16.0 Å². The molecule has 0 saturated carbocycles. The van der Waals surface area contributed by atoms with Gasteiger partial charge in [-0.1, -0.05) is 11.3 Å². The third-order valence-corrected chi connectivity index (χ3v) is 2.48. The lowest BCUT2D eigenvalue weighted by atomic mass is 10.2. The van der Waals surface area contributed by atoms with E-state index in [1.807, 2.05) is 22.9 Å². The van der Waals surface area contributed by atoms with Crippen molar-refractivity contribution < 1.29 is 0 Å². The van der Waals surface area contributed by atoms with Gasteiger partial charge in [0.1, 0.15) is 10.3 Å². The van der Waals surface area contributed by atoms with Gasteiger partial charge in [-0.25, -0.2) is 9.67 Å². The summed E-state index contributed by atoms with van der Waals surface area (Å²) in [5.74, 6) is 0. The fraction of sp³-hybridized carbons (Fsp3) is 0.300. The Morgan fingerprint density at radius 2 is 2.13 bits per heavy atom. The van der Waals surface area contributed by atoms with Crippen LogP contribution >= 0.6 is 15.9 Å². The van der Waals surface area contributed by atoms with Crippen molar-refractivity contribution >= 4 is 15.9 Å². The second-order valence-electron chi connectivity index (χ2n) is 3.50. The van der Waals surface area contributed by atoms with Crippen LogP contribution < -0.4 is 0 Å². The molecule has 2 aromatic heterocycles. The van der Waals surface area contributed by atoms with E-state index in [9.17, 15) is 0 Å². The molecule has 0 N–H and O–H groups in total. The van der Waals surface area contributed by atoms with Crippen LogP contribution in [0.25, 0.3) is 11.4 Å². The van der Waals surface area contributed by atoms with Gasteiger partial charge >= 0.3 is 0 Å².